The molecule has 2 aromatic rings. The van der Waals surface area contributed by atoms with E-state index in [9.17, 15) is 8.42 Å². The minimum Gasteiger partial charge on any atom is -0.494 e. The molecule has 1 atom stereocenters. The van der Waals surface area contributed by atoms with Gasteiger partial charge in [-0.3, -0.25) is 0 Å². The zero-order valence-corrected chi connectivity index (χ0v) is 16.8. The van der Waals surface area contributed by atoms with E-state index in [2.05, 4.69) is 4.72 Å². The van der Waals surface area contributed by atoms with Gasteiger partial charge in [0.2, 0.25) is 10.0 Å². The van der Waals surface area contributed by atoms with Crippen LogP contribution in [0.5, 0.6) is 5.75 Å². The average molecular weight is 397 g/mol. The maximum absolute atomic E-state index is 12.4. The number of hydrogen-bond donors (Lipinski definition) is 1. The van der Waals surface area contributed by atoms with Crippen LogP contribution in [0.4, 0.5) is 0 Å². The van der Waals surface area contributed by atoms with Gasteiger partial charge in [0, 0.05) is 17.6 Å². The van der Waals surface area contributed by atoms with Crippen molar-refractivity contribution in [3.8, 4) is 5.75 Å². The van der Waals surface area contributed by atoms with Gasteiger partial charge in [-0.25, -0.2) is 13.1 Å². The molecule has 0 aliphatic carbocycles. The molecule has 2 rings (SSSR count). The molecule has 142 valence electrons. The first-order valence-corrected chi connectivity index (χ1v) is 10.4. The summed E-state index contributed by atoms with van der Waals surface area (Å²) in [6.07, 6.45) is 0. The predicted molar refractivity (Wildman–Crippen MR) is 106 cm³/mol. The van der Waals surface area contributed by atoms with Crippen molar-refractivity contribution in [2.24, 2.45) is 0 Å². The molecule has 0 fully saturated rings. The number of nitrogens with zero attached hydrogens (tertiary/aromatic N) is 1. The molecular formula is C19H25ClN2O3S. The van der Waals surface area contributed by atoms with Crippen molar-refractivity contribution in [1.82, 2.24) is 9.62 Å². The van der Waals surface area contributed by atoms with Crippen LogP contribution in [0.15, 0.2) is 48.5 Å². The van der Waals surface area contributed by atoms with Gasteiger partial charge < -0.3 is 9.64 Å². The lowest BCUT2D eigenvalue weighted by atomic mass is 10.1. The number of sulfonamides is 1. The second-order valence-corrected chi connectivity index (χ2v) is 8.46. The van der Waals surface area contributed by atoms with Gasteiger partial charge in [-0.15, -0.1) is 0 Å². The standard InChI is InChI=1S/C19H25ClN2O3S/c1-4-25-18-11-7-16(8-12-18)19(22(2)3)13-21-26(23,24)14-15-5-9-17(20)10-6-15/h5-12,19,21H,4,13-14H2,1-3H3. The lowest BCUT2D eigenvalue weighted by Gasteiger charge is -2.25. The minimum absolute atomic E-state index is 0.0758. The molecule has 5 nitrogen and oxygen atoms in total. The second-order valence-electron chi connectivity index (χ2n) is 6.22. The molecule has 0 aliphatic heterocycles. The number of halogens is 1. The Labute approximate surface area is 161 Å². The highest BCUT2D eigenvalue weighted by atomic mass is 35.5. The van der Waals surface area contributed by atoms with Gasteiger partial charge >= 0.3 is 0 Å². The Morgan fingerprint density at radius 3 is 2.23 bits per heavy atom. The normalized spacial score (nSPS) is 13.0. The molecule has 0 aliphatic rings. The highest BCUT2D eigenvalue weighted by Gasteiger charge is 2.18. The minimum atomic E-state index is -3.45. The van der Waals surface area contributed by atoms with E-state index in [0.717, 1.165) is 11.3 Å². The number of nitrogens with one attached hydrogen (secondary N) is 1. The van der Waals surface area contributed by atoms with Crippen LogP contribution >= 0.6 is 11.6 Å². The van der Waals surface area contributed by atoms with E-state index in [-0.39, 0.29) is 18.3 Å². The highest BCUT2D eigenvalue weighted by Crippen LogP contribution is 2.21. The zero-order valence-electron chi connectivity index (χ0n) is 15.3. The van der Waals surface area contributed by atoms with Crippen LogP contribution in [0.3, 0.4) is 0 Å². The number of ether oxygens (including phenoxy) is 1. The van der Waals surface area contributed by atoms with Crippen molar-refractivity contribution in [1.29, 1.82) is 0 Å². The fourth-order valence-electron chi connectivity index (χ4n) is 2.61. The maximum Gasteiger partial charge on any atom is 0.215 e. The molecule has 0 amide bonds. The lowest BCUT2D eigenvalue weighted by molar-refractivity contribution is 0.298. The van der Waals surface area contributed by atoms with E-state index in [0.29, 0.717) is 17.2 Å². The fourth-order valence-corrected chi connectivity index (χ4v) is 3.88. The molecule has 7 heteroatoms. The molecule has 0 radical (unpaired) electrons. The summed E-state index contributed by atoms with van der Waals surface area (Å²) in [5, 5.41) is 0.585. The molecule has 0 bridgehead atoms. The molecule has 1 unspecified atom stereocenters. The van der Waals surface area contributed by atoms with Crippen LogP contribution in [0, 0.1) is 0 Å². The van der Waals surface area contributed by atoms with Crippen LogP contribution in [0.1, 0.15) is 24.1 Å². The summed E-state index contributed by atoms with van der Waals surface area (Å²) in [6, 6.07) is 14.5. The van der Waals surface area contributed by atoms with Crippen LogP contribution < -0.4 is 9.46 Å². The monoisotopic (exact) mass is 396 g/mol. The summed E-state index contributed by atoms with van der Waals surface area (Å²) in [4.78, 5) is 1.99. The highest BCUT2D eigenvalue weighted by molar-refractivity contribution is 7.88. The molecule has 0 heterocycles. The summed E-state index contributed by atoms with van der Waals surface area (Å²) in [5.74, 6) is 0.727. The van der Waals surface area contributed by atoms with E-state index < -0.39 is 10.0 Å². The van der Waals surface area contributed by atoms with Gasteiger partial charge in [-0.2, -0.15) is 0 Å². The molecule has 0 saturated heterocycles. The molecule has 2 aromatic carbocycles. The fraction of sp³-hybridized carbons (Fsp3) is 0.368. The quantitative estimate of drug-likeness (QED) is 0.705. The number of likely N-dealkylation sites (N-methyl/N-ethyl adjacent to an activating group) is 1. The Kier molecular flexibility index (Phi) is 7.46. The smallest absolute Gasteiger partial charge is 0.215 e. The van der Waals surface area contributed by atoms with Crippen LogP contribution in [-0.4, -0.2) is 40.6 Å². The first-order valence-electron chi connectivity index (χ1n) is 8.41. The Morgan fingerprint density at radius 1 is 1.08 bits per heavy atom. The summed E-state index contributed by atoms with van der Waals surface area (Å²) < 4.78 is 33.0. The van der Waals surface area contributed by atoms with E-state index in [1.165, 1.54) is 0 Å². The summed E-state index contributed by atoms with van der Waals surface area (Å²) in [6.45, 7) is 2.84. The van der Waals surface area contributed by atoms with Gasteiger partial charge in [-0.05, 0) is 56.4 Å². The Hall–Kier alpha value is -1.60. The van der Waals surface area contributed by atoms with Crippen LogP contribution in [0.25, 0.3) is 0 Å². The summed E-state index contributed by atoms with van der Waals surface area (Å²) in [5.41, 5.74) is 1.72. The van der Waals surface area contributed by atoms with Crippen molar-refractivity contribution in [2.75, 3.05) is 27.2 Å². The summed E-state index contributed by atoms with van der Waals surface area (Å²) in [7, 11) is 0.405. The van der Waals surface area contributed by atoms with Crippen molar-refractivity contribution >= 4 is 21.6 Å². The van der Waals surface area contributed by atoms with Gasteiger partial charge in [0.05, 0.1) is 12.4 Å². The predicted octanol–water partition coefficient (Wildman–Crippen LogP) is 3.46. The van der Waals surface area contributed by atoms with Crippen LogP contribution in [-0.2, 0) is 15.8 Å². The van der Waals surface area contributed by atoms with Crippen molar-refractivity contribution < 1.29 is 13.2 Å². The average Bonchev–Trinajstić information content (AvgIpc) is 2.58. The van der Waals surface area contributed by atoms with Gasteiger partial charge in [0.15, 0.2) is 0 Å². The first-order chi connectivity index (χ1) is 12.3. The summed E-state index contributed by atoms with van der Waals surface area (Å²) >= 11 is 5.84. The SMILES string of the molecule is CCOc1ccc(C(CNS(=O)(=O)Cc2ccc(Cl)cc2)N(C)C)cc1. The van der Waals surface area contributed by atoms with E-state index >= 15 is 0 Å². The zero-order chi connectivity index (χ0) is 19.2. The van der Waals surface area contributed by atoms with Gasteiger partial charge in [0.1, 0.15) is 5.75 Å². The molecule has 0 aromatic heterocycles. The van der Waals surface area contributed by atoms with Crippen molar-refractivity contribution in [3.05, 3.63) is 64.7 Å². The van der Waals surface area contributed by atoms with E-state index in [1.807, 2.05) is 50.2 Å². The maximum atomic E-state index is 12.4. The third-order valence-electron chi connectivity index (χ3n) is 3.97. The molecule has 1 N–H and O–H groups in total. The van der Waals surface area contributed by atoms with Crippen molar-refractivity contribution in [2.45, 2.75) is 18.7 Å². The van der Waals surface area contributed by atoms with Gasteiger partial charge in [-0.1, -0.05) is 35.9 Å². The molecule has 26 heavy (non-hydrogen) atoms. The number of benzene rings is 2. The lowest BCUT2D eigenvalue weighted by Crippen LogP contribution is -2.35. The Balaban J connectivity index is 2.03. The largest absolute Gasteiger partial charge is 0.494 e. The van der Waals surface area contributed by atoms with E-state index in [1.54, 1.807) is 24.3 Å². The molecular weight excluding hydrogens is 372 g/mol. The van der Waals surface area contributed by atoms with Crippen LogP contribution in [0.2, 0.25) is 5.02 Å². The van der Waals surface area contributed by atoms with E-state index in [4.69, 9.17) is 16.3 Å². The Morgan fingerprint density at radius 2 is 1.69 bits per heavy atom. The third-order valence-corrected chi connectivity index (χ3v) is 5.54. The first kappa shape index (κ1) is 20.7. The Bertz CT molecular complexity index is 791. The van der Waals surface area contributed by atoms with Gasteiger partial charge in [0.25, 0.3) is 0 Å². The third kappa shape index (κ3) is 6.29. The number of hydrogen-bond acceptors (Lipinski definition) is 4. The topological polar surface area (TPSA) is 58.6 Å². The molecule has 0 saturated carbocycles. The second kappa shape index (κ2) is 9.37. The molecule has 0 spiro atoms. The van der Waals surface area contributed by atoms with Crippen molar-refractivity contribution in [3.63, 3.8) is 0 Å². The number of rotatable bonds is 9.